The Morgan fingerprint density at radius 3 is 3.00 bits per heavy atom. The molecule has 1 N–H and O–H groups in total. The molecular formula is C15H12N6OS. The van der Waals surface area contributed by atoms with Gasteiger partial charge in [0.15, 0.2) is 0 Å². The van der Waals surface area contributed by atoms with E-state index in [-0.39, 0.29) is 5.91 Å². The Balaban J connectivity index is 1.59. The number of nitrogens with one attached hydrogen (secondary N) is 1. The van der Waals surface area contributed by atoms with E-state index in [4.69, 9.17) is 0 Å². The molecule has 0 spiro atoms. The number of fused-ring (bicyclic) bond motifs is 1. The van der Waals surface area contributed by atoms with Crippen molar-refractivity contribution in [3.8, 4) is 10.6 Å². The number of benzene rings is 1. The van der Waals surface area contributed by atoms with Gasteiger partial charge in [-0.25, -0.2) is 14.6 Å². The molecule has 0 radical (unpaired) electrons. The van der Waals surface area contributed by atoms with E-state index in [9.17, 15) is 4.79 Å². The predicted octanol–water partition coefficient (Wildman–Crippen LogP) is 2.28. The first-order chi connectivity index (χ1) is 11.2. The summed E-state index contributed by atoms with van der Waals surface area (Å²) in [7, 11) is 1.84. The summed E-state index contributed by atoms with van der Waals surface area (Å²) in [6.07, 6.45) is 5.17. The van der Waals surface area contributed by atoms with Crippen LogP contribution in [0.5, 0.6) is 0 Å². The highest BCUT2D eigenvalue weighted by molar-refractivity contribution is 7.13. The molecule has 4 rings (SSSR count). The van der Waals surface area contributed by atoms with Crippen molar-refractivity contribution >= 4 is 28.3 Å². The third kappa shape index (κ3) is 2.49. The number of hydrogen-bond donors (Lipinski definition) is 1. The van der Waals surface area contributed by atoms with Crippen LogP contribution in [0.3, 0.4) is 0 Å². The first-order valence-electron chi connectivity index (χ1n) is 6.89. The van der Waals surface area contributed by atoms with Crippen LogP contribution in [0.1, 0.15) is 10.5 Å². The van der Waals surface area contributed by atoms with Gasteiger partial charge in [-0.3, -0.25) is 14.9 Å². The van der Waals surface area contributed by atoms with Gasteiger partial charge in [-0.15, -0.1) is 11.3 Å². The number of para-hydroxylation sites is 2. The molecule has 0 aliphatic carbocycles. The van der Waals surface area contributed by atoms with E-state index in [2.05, 4.69) is 20.5 Å². The molecule has 3 aromatic heterocycles. The highest BCUT2D eigenvalue weighted by Crippen LogP contribution is 2.23. The highest BCUT2D eigenvalue weighted by atomic mass is 32.1. The Hall–Kier alpha value is -3.00. The molecule has 0 saturated carbocycles. The molecule has 0 atom stereocenters. The third-order valence-corrected chi connectivity index (χ3v) is 4.26. The molecule has 1 amide bonds. The van der Waals surface area contributed by atoms with Gasteiger partial charge in [-0.2, -0.15) is 5.10 Å². The summed E-state index contributed by atoms with van der Waals surface area (Å²) >= 11 is 1.41. The number of aromatic nitrogens is 5. The van der Waals surface area contributed by atoms with Crippen molar-refractivity contribution in [1.29, 1.82) is 0 Å². The smallest absolute Gasteiger partial charge is 0.275 e. The maximum Gasteiger partial charge on any atom is 0.289 e. The molecule has 4 aromatic rings. The normalized spacial score (nSPS) is 11.0. The van der Waals surface area contributed by atoms with Crippen LogP contribution < -0.4 is 5.43 Å². The number of thiazole rings is 1. The molecule has 1 aromatic carbocycles. The van der Waals surface area contributed by atoms with E-state index in [1.165, 1.54) is 11.3 Å². The van der Waals surface area contributed by atoms with Crippen LogP contribution in [0.4, 0.5) is 0 Å². The summed E-state index contributed by atoms with van der Waals surface area (Å²) in [6.45, 7) is 0. The zero-order chi connectivity index (χ0) is 15.8. The highest BCUT2D eigenvalue weighted by Gasteiger charge is 2.14. The molecule has 8 heteroatoms. The summed E-state index contributed by atoms with van der Waals surface area (Å²) in [6, 6.07) is 7.59. The van der Waals surface area contributed by atoms with Crippen LogP contribution in [0.15, 0.2) is 48.4 Å². The Bertz CT molecular complexity index is 998. The fraction of sp³-hybridized carbons (Fsp3) is 0.0667. The maximum atomic E-state index is 12.4. The van der Waals surface area contributed by atoms with Crippen molar-refractivity contribution in [3.05, 3.63) is 54.1 Å². The van der Waals surface area contributed by atoms with Crippen molar-refractivity contribution in [2.75, 3.05) is 5.43 Å². The fourth-order valence-corrected chi connectivity index (χ4v) is 3.03. The second-order valence-corrected chi connectivity index (χ2v) is 5.84. The van der Waals surface area contributed by atoms with Gasteiger partial charge in [-0.05, 0) is 12.1 Å². The van der Waals surface area contributed by atoms with Gasteiger partial charge in [0, 0.05) is 24.2 Å². The zero-order valence-electron chi connectivity index (χ0n) is 12.2. The minimum absolute atomic E-state index is 0.278. The van der Waals surface area contributed by atoms with Crippen LogP contribution in [0.25, 0.3) is 21.6 Å². The minimum Gasteiger partial charge on any atom is -0.275 e. The van der Waals surface area contributed by atoms with Gasteiger partial charge < -0.3 is 0 Å². The average molecular weight is 324 g/mol. The SMILES string of the molecule is Cn1cc(-c2nc(C(=O)Nn3cnc4ccccc43)cs2)cn1. The summed E-state index contributed by atoms with van der Waals surface area (Å²) < 4.78 is 3.30. The lowest BCUT2D eigenvalue weighted by molar-refractivity contribution is 0.100. The van der Waals surface area contributed by atoms with E-state index in [0.29, 0.717) is 5.69 Å². The molecule has 0 fully saturated rings. The van der Waals surface area contributed by atoms with Gasteiger partial charge in [0.25, 0.3) is 5.91 Å². The van der Waals surface area contributed by atoms with E-state index in [0.717, 1.165) is 21.6 Å². The van der Waals surface area contributed by atoms with Gasteiger partial charge in [0.1, 0.15) is 17.0 Å². The monoisotopic (exact) mass is 324 g/mol. The first kappa shape index (κ1) is 13.6. The zero-order valence-corrected chi connectivity index (χ0v) is 13.0. The van der Waals surface area contributed by atoms with Gasteiger partial charge in [0.2, 0.25) is 0 Å². The van der Waals surface area contributed by atoms with Gasteiger partial charge in [0.05, 0.1) is 17.2 Å². The van der Waals surface area contributed by atoms with E-state index in [1.807, 2.05) is 37.5 Å². The van der Waals surface area contributed by atoms with Gasteiger partial charge in [-0.1, -0.05) is 12.1 Å². The van der Waals surface area contributed by atoms with Crippen LogP contribution >= 0.6 is 11.3 Å². The molecule has 0 unspecified atom stereocenters. The van der Waals surface area contributed by atoms with Gasteiger partial charge >= 0.3 is 0 Å². The molecule has 114 valence electrons. The van der Waals surface area contributed by atoms with E-state index >= 15 is 0 Å². The van der Waals surface area contributed by atoms with Crippen molar-refractivity contribution in [1.82, 2.24) is 24.4 Å². The molecule has 3 heterocycles. The lowest BCUT2D eigenvalue weighted by Crippen LogP contribution is -2.22. The van der Waals surface area contributed by atoms with Crippen LogP contribution in [0.2, 0.25) is 0 Å². The molecule has 23 heavy (non-hydrogen) atoms. The average Bonchev–Trinajstić information content (AvgIpc) is 3.27. The second-order valence-electron chi connectivity index (χ2n) is 4.98. The molecule has 0 bridgehead atoms. The number of carbonyl (C=O) groups excluding carboxylic acids is 1. The standard InChI is InChI=1S/C15H12N6OS/c1-20-7-10(6-17-20)15-18-12(8-23-15)14(22)19-21-9-16-11-4-2-3-5-13(11)21/h2-9H,1H3,(H,19,22). The lowest BCUT2D eigenvalue weighted by Gasteiger charge is -2.04. The van der Waals surface area contributed by atoms with Crippen LogP contribution in [0, 0.1) is 0 Å². The Morgan fingerprint density at radius 1 is 1.30 bits per heavy atom. The molecule has 7 nitrogen and oxygen atoms in total. The number of rotatable bonds is 3. The van der Waals surface area contributed by atoms with Crippen LogP contribution in [-0.4, -0.2) is 30.3 Å². The van der Waals surface area contributed by atoms with Crippen molar-refractivity contribution in [2.45, 2.75) is 0 Å². The Morgan fingerprint density at radius 2 is 2.17 bits per heavy atom. The number of imidazole rings is 1. The molecule has 0 saturated heterocycles. The third-order valence-electron chi connectivity index (χ3n) is 3.36. The largest absolute Gasteiger partial charge is 0.289 e. The second kappa shape index (κ2) is 5.33. The summed E-state index contributed by atoms with van der Waals surface area (Å²) in [5.41, 5.74) is 5.71. The molecular weight excluding hydrogens is 312 g/mol. The Labute approximate surface area is 135 Å². The predicted molar refractivity (Wildman–Crippen MR) is 87.7 cm³/mol. The summed E-state index contributed by atoms with van der Waals surface area (Å²) in [5.74, 6) is -0.278. The molecule has 0 aliphatic rings. The number of nitrogens with zero attached hydrogens (tertiary/aromatic N) is 5. The number of aryl methyl sites for hydroxylation is 1. The Kier molecular flexibility index (Phi) is 3.16. The van der Waals surface area contributed by atoms with Crippen molar-refractivity contribution in [3.63, 3.8) is 0 Å². The van der Waals surface area contributed by atoms with Crippen molar-refractivity contribution in [2.24, 2.45) is 7.05 Å². The van der Waals surface area contributed by atoms with Crippen LogP contribution in [-0.2, 0) is 7.05 Å². The number of hydrogen-bond acceptors (Lipinski definition) is 5. The maximum absolute atomic E-state index is 12.4. The lowest BCUT2D eigenvalue weighted by atomic mass is 10.3. The fourth-order valence-electron chi connectivity index (χ4n) is 2.26. The first-order valence-corrected chi connectivity index (χ1v) is 7.77. The number of carbonyl (C=O) groups is 1. The number of amides is 1. The minimum atomic E-state index is -0.278. The topological polar surface area (TPSA) is 77.6 Å². The van der Waals surface area contributed by atoms with E-state index < -0.39 is 0 Å². The van der Waals surface area contributed by atoms with E-state index in [1.54, 1.807) is 27.3 Å². The summed E-state index contributed by atoms with van der Waals surface area (Å²) in [4.78, 5) is 21.0. The summed E-state index contributed by atoms with van der Waals surface area (Å²) in [5, 5.41) is 6.61. The quantitative estimate of drug-likeness (QED) is 0.627. The molecule has 0 aliphatic heterocycles. The van der Waals surface area contributed by atoms with Crippen molar-refractivity contribution < 1.29 is 4.79 Å².